The number of pyridine rings is 1. The van der Waals surface area contributed by atoms with E-state index in [-0.39, 0.29) is 5.92 Å². The Labute approximate surface area is 121 Å². The van der Waals surface area contributed by atoms with Gasteiger partial charge in [-0.3, -0.25) is 4.98 Å². The molecule has 4 nitrogen and oxygen atoms in total. The molecule has 0 atom stereocenters. The Morgan fingerprint density at radius 3 is 2.81 bits per heavy atom. The molecule has 0 bridgehead atoms. The average molecular weight is 286 g/mol. The number of aromatic nitrogens is 2. The van der Waals surface area contributed by atoms with Crippen molar-refractivity contribution in [2.45, 2.75) is 19.8 Å². The summed E-state index contributed by atoms with van der Waals surface area (Å²) in [6, 6.07) is 5.24. The number of fused-ring (bicyclic) bond motifs is 1. The van der Waals surface area contributed by atoms with Gasteiger partial charge in [0, 0.05) is 11.8 Å². The molecule has 0 fully saturated rings. The quantitative estimate of drug-likeness (QED) is 0.725. The van der Waals surface area contributed by atoms with Crippen LogP contribution in [0.2, 0.25) is 0 Å². The van der Waals surface area contributed by atoms with Crippen molar-refractivity contribution in [1.82, 2.24) is 10.1 Å². The summed E-state index contributed by atoms with van der Waals surface area (Å²) in [5, 5.41) is 4.29. The second-order valence-electron chi connectivity index (χ2n) is 5.11. The van der Waals surface area contributed by atoms with Crippen molar-refractivity contribution < 1.29 is 13.7 Å². The third-order valence-corrected chi connectivity index (χ3v) is 3.49. The van der Waals surface area contributed by atoms with Crippen LogP contribution in [0.4, 0.5) is 4.39 Å². The summed E-state index contributed by atoms with van der Waals surface area (Å²) in [5.41, 5.74) is 2.21. The molecule has 5 heteroatoms. The highest BCUT2D eigenvalue weighted by atomic mass is 19.1. The third kappa shape index (κ3) is 2.14. The molecular formula is C16H15FN2O2. The molecule has 0 aliphatic rings. The zero-order valence-corrected chi connectivity index (χ0v) is 12.1. The van der Waals surface area contributed by atoms with E-state index in [0.29, 0.717) is 27.9 Å². The lowest BCUT2D eigenvalue weighted by Gasteiger charge is -2.09. The van der Waals surface area contributed by atoms with Crippen LogP contribution in [0.3, 0.4) is 0 Å². The zero-order valence-electron chi connectivity index (χ0n) is 12.1. The van der Waals surface area contributed by atoms with Gasteiger partial charge in [0.05, 0.1) is 23.6 Å². The number of benzene rings is 1. The fourth-order valence-corrected chi connectivity index (χ4v) is 2.37. The number of hydrogen-bond donors (Lipinski definition) is 0. The number of rotatable bonds is 3. The molecule has 0 saturated heterocycles. The maximum atomic E-state index is 14.9. The fourth-order valence-electron chi connectivity index (χ4n) is 2.37. The minimum Gasteiger partial charge on any atom is -0.496 e. The molecule has 0 unspecified atom stereocenters. The smallest absolute Gasteiger partial charge is 0.147 e. The molecule has 0 radical (unpaired) electrons. The van der Waals surface area contributed by atoms with E-state index in [9.17, 15) is 4.39 Å². The Bertz CT molecular complexity index is 796. The number of halogens is 1. The first-order chi connectivity index (χ1) is 10.1. The zero-order chi connectivity index (χ0) is 15.0. The summed E-state index contributed by atoms with van der Waals surface area (Å²) >= 11 is 0. The summed E-state index contributed by atoms with van der Waals surface area (Å²) in [6.45, 7) is 4.01. The molecule has 21 heavy (non-hydrogen) atoms. The van der Waals surface area contributed by atoms with Gasteiger partial charge in [-0.15, -0.1) is 0 Å². The topological polar surface area (TPSA) is 48.2 Å². The van der Waals surface area contributed by atoms with Gasteiger partial charge in [-0.05, 0) is 18.1 Å². The standard InChI is InChI=1S/C16H15FN2O2/c1-9(2)11-8-21-19-16(11)10-7-18-12-5-4-6-13(20-3)14(12)15(10)17/h4-9H,1-3H3. The van der Waals surface area contributed by atoms with Crippen LogP contribution in [0.5, 0.6) is 5.75 Å². The number of ether oxygens (including phenoxy) is 1. The Morgan fingerprint density at radius 1 is 1.29 bits per heavy atom. The summed E-state index contributed by atoms with van der Waals surface area (Å²) in [6.07, 6.45) is 3.03. The fraction of sp³-hybridized carbons (Fsp3) is 0.250. The highest BCUT2D eigenvalue weighted by molar-refractivity contribution is 5.89. The molecule has 108 valence electrons. The van der Waals surface area contributed by atoms with Gasteiger partial charge in [0.2, 0.25) is 0 Å². The van der Waals surface area contributed by atoms with Crippen LogP contribution in [0.15, 0.2) is 35.2 Å². The van der Waals surface area contributed by atoms with Gasteiger partial charge >= 0.3 is 0 Å². The van der Waals surface area contributed by atoms with E-state index >= 15 is 0 Å². The number of hydrogen-bond acceptors (Lipinski definition) is 4. The first-order valence-electron chi connectivity index (χ1n) is 6.69. The summed E-state index contributed by atoms with van der Waals surface area (Å²) < 4.78 is 25.2. The summed E-state index contributed by atoms with van der Waals surface area (Å²) in [7, 11) is 1.51. The van der Waals surface area contributed by atoms with Gasteiger partial charge in [0.1, 0.15) is 23.5 Å². The maximum absolute atomic E-state index is 14.9. The van der Waals surface area contributed by atoms with Gasteiger partial charge in [0.15, 0.2) is 0 Å². The molecule has 0 saturated carbocycles. The van der Waals surface area contributed by atoms with Gasteiger partial charge in [-0.25, -0.2) is 4.39 Å². The molecule has 0 aliphatic heterocycles. The van der Waals surface area contributed by atoms with E-state index in [2.05, 4.69) is 10.1 Å². The molecule has 0 spiro atoms. The van der Waals surface area contributed by atoms with Crippen molar-refractivity contribution in [2.24, 2.45) is 0 Å². The van der Waals surface area contributed by atoms with Gasteiger partial charge < -0.3 is 9.26 Å². The van der Waals surface area contributed by atoms with E-state index in [4.69, 9.17) is 9.26 Å². The van der Waals surface area contributed by atoms with E-state index in [0.717, 1.165) is 5.56 Å². The molecule has 1 aromatic carbocycles. The third-order valence-electron chi connectivity index (χ3n) is 3.49. The van der Waals surface area contributed by atoms with Crippen LogP contribution in [-0.4, -0.2) is 17.3 Å². The van der Waals surface area contributed by atoms with Crippen molar-refractivity contribution in [3.63, 3.8) is 0 Å². The van der Waals surface area contributed by atoms with Crippen molar-refractivity contribution in [1.29, 1.82) is 0 Å². The van der Waals surface area contributed by atoms with Crippen molar-refractivity contribution >= 4 is 10.9 Å². The van der Waals surface area contributed by atoms with Crippen molar-refractivity contribution in [3.05, 3.63) is 42.0 Å². The van der Waals surface area contributed by atoms with E-state index in [1.165, 1.54) is 13.3 Å². The second-order valence-corrected chi connectivity index (χ2v) is 5.11. The van der Waals surface area contributed by atoms with Crippen molar-refractivity contribution in [2.75, 3.05) is 7.11 Å². The average Bonchev–Trinajstić information content (AvgIpc) is 2.96. The minimum atomic E-state index is -0.395. The number of methoxy groups -OCH3 is 1. The van der Waals surface area contributed by atoms with E-state index in [1.54, 1.807) is 24.5 Å². The Morgan fingerprint density at radius 2 is 2.10 bits per heavy atom. The van der Waals surface area contributed by atoms with E-state index in [1.807, 2.05) is 13.8 Å². The van der Waals surface area contributed by atoms with Crippen LogP contribution in [0.1, 0.15) is 25.3 Å². The lowest BCUT2D eigenvalue weighted by atomic mass is 9.99. The Balaban J connectivity index is 2.29. The van der Waals surface area contributed by atoms with Gasteiger partial charge in [0.25, 0.3) is 0 Å². The normalized spacial score (nSPS) is 11.3. The monoisotopic (exact) mass is 286 g/mol. The molecule has 0 aliphatic carbocycles. The molecular weight excluding hydrogens is 271 g/mol. The molecule has 2 aromatic heterocycles. The lowest BCUT2D eigenvalue weighted by molar-refractivity contribution is 0.417. The highest BCUT2D eigenvalue weighted by Gasteiger charge is 2.20. The lowest BCUT2D eigenvalue weighted by Crippen LogP contribution is -1.96. The predicted molar refractivity (Wildman–Crippen MR) is 77.8 cm³/mol. The molecule has 0 amide bonds. The molecule has 2 heterocycles. The minimum absolute atomic E-state index is 0.180. The molecule has 3 aromatic rings. The first-order valence-corrected chi connectivity index (χ1v) is 6.69. The van der Waals surface area contributed by atoms with Crippen LogP contribution < -0.4 is 4.74 Å². The van der Waals surface area contributed by atoms with Gasteiger partial charge in [-0.2, -0.15) is 0 Å². The van der Waals surface area contributed by atoms with E-state index < -0.39 is 5.82 Å². The van der Waals surface area contributed by atoms with Crippen molar-refractivity contribution in [3.8, 4) is 17.0 Å². The Kier molecular flexibility index (Phi) is 3.33. The second kappa shape index (κ2) is 5.16. The van der Waals surface area contributed by atoms with Gasteiger partial charge in [-0.1, -0.05) is 25.1 Å². The number of nitrogens with zero attached hydrogens (tertiary/aromatic N) is 2. The largest absolute Gasteiger partial charge is 0.496 e. The van der Waals surface area contributed by atoms with Crippen LogP contribution in [0, 0.1) is 5.82 Å². The predicted octanol–water partition coefficient (Wildman–Crippen LogP) is 4.16. The summed E-state index contributed by atoms with van der Waals surface area (Å²) in [4.78, 5) is 4.31. The molecule has 0 N–H and O–H groups in total. The van der Waals surface area contributed by atoms with Crippen LogP contribution >= 0.6 is 0 Å². The maximum Gasteiger partial charge on any atom is 0.147 e. The Hall–Kier alpha value is -2.43. The van der Waals surface area contributed by atoms with Crippen LogP contribution in [-0.2, 0) is 0 Å². The van der Waals surface area contributed by atoms with Crippen LogP contribution in [0.25, 0.3) is 22.2 Å². The SMILES string of the molecule is COc1cccc2ncc(-c3nocc3C(C)C)c(F)c12. The highest BCUT2D eigenvalue weighted by Crippen LogP contribution is 2.35. The summed E-state index contributed by atoms with van der Waals surface area (Å²) in [5.74, 6) is 0.237. The molecule has 3 rings (SSSR count). The first kappa shape index (κ1) is 13.5.